The predicted octanol–water partition coefficient (Wildman–Crippen LogP) is 7.51. The van der Waals surface area contributed by atoms with E-state index in [0.717, 1.165) is 38.5 Å². The Balaban J connectivity index is 1.35. The molecule has 0 unspecified atom stereocenters. The first-order chi connectivity index (χ1) is 15.7. The summed E-state index contributed by atoms with van der Waals surface area (Å²) in [5.74, 6) is 0.414. The van der Waals surface area contributed by atoms with E-state index in [2.05, 4.69) is 104 Å². The molecule has 0 aliphatic heterocycles. The molecule has 4 aliphatic rings. The van der Waals surface area contributed by atoms with Gasteiger partial charge in [-0.05, 0) is 83.0 Å². The second-order valence-electron chi connectivity index (χ2n) is 9.30. The van der Waals surface area contributed by atoms with Crippen LogP contribution in [0.3, 0.4) is 0 Å². The smallest absolute Gasteiger partial charge is 0.00638 e. The van der Waals surface area contributed by atoms with Gasteiger partial charge in [0.1, 0.15) is 0 Å². The minimum Gasteiger partial charge on any atom is -0.0622 e. The van der Waals surface area contributed by atoms with E-state index in [9.17, 15) is 0 Å². The lowest BCUT2D eigenvalue weighted by molar-refractivity contribution is 0.849. The van der Waals surface area contributed by atoms with Crippen LogP contribution >= 0.6 is 0 Å². The van der Waals surface area contributed by atoms with Gasteiger partial charge in [-0.15, -0.1) is 0 Å². The van der Waals surface area contributed by atoms with Crippen LogP contribution in [-0.2, 0) is 38.5 Å². The molecule has 0 N–H and O–H groups in total. The van der Waals surface area contributed by atoms with Gasteiger partial charge >= 0.3 is 0 Å². The molecule has 0 aromatic heterocycles. The van der Waals surface area contributed by atoms with Crippen LogP contribution in [0.15, 0.2) is 97.1 Å². The molecular weight excluding hydrogens is 384 g/mol. The Bertz CT molecular complexity index is 1150. The monoisotopic (exact) mass is 416 g/mol. The van der Waals surface area contributed by atoms with Crippen LogP contribution in [-0.4, -0.2) is 0 Å². The summed E-state index contributed by atoms with van der Waals surface area (Å²) in [4.78, 5) is 0. The van der Waals surface area contributed by atoms with E-state index >= 15 is 0 Å². The van der Waals surface area contributed by atoms with Crippen molar-refractivity contribution in [2.45, 2.75) is 51.4 Å². The van der Waals surface area contributed by atoms with E-state index in [4.69, 9.17) is 0 Å². The van der Waals surface area contributed by atoms with E-state index in [1.54, 1.807) is 0 Å². The van der Waals surface area contributed by atoms with Gasteiger partial charge in [0.25, 0.3) is 0 Å². The van der Waals surface area contributed by atoms with Crippen molar-refractivity contribution < 1.29 is 0 Å². The highest BCUT2D eigenvalue weighted by atomic mass is 14.2. The van der Waals surface area contributed by atoms with Crippen molar-refractivity contribution in [3.63, 3.8) is 0 Å². The van der Waals surface area contributed by atoms with Crippen LogP contribution < -0.4 is 0 Å². The molecule has 0 saturated heterocycles. The van der Waals surface area contributed by atoms with Crippen molar-refractivity contribution in [2.75, 3.05) is 0 Å². The Kier molecular flexibility index (Phi) is 6.21. The lowest BCUT2D eigenvalue weighted by atomic mass is 9.85. The molecule has 32 heavy (non-hydrogen) atoms. The van der Waals surface area contributed by atoms with Gasteiger partial charge in [-0.25, -0.2) is 0 Å². The number of hydrogen-bond donors (Lipinski definition) is 0. The molecule has 160 valence electrons. The molecule has 0 radical (unpaired) electrons. The maximum absolute atomic E-state index is 2.48. The summed E-state index contributed by atoms with van der Waals surface area (Å²) in [5, 5.41) is 0. The summed E-state index contributed by atoms with van der Waals surface area (Å²) in [6, 6.07) is 36.6. The zero-order valence-corrected chi connectivity index (χ0v) is 19.1. The molecular formula is C32H32. The molecule has 0 heterocycles. The van der Waals surface area contributed by atoms with Gasteiger partial charge < -0.3 is 0 Å². The summed E-state index contributed by atoms with van der Waals surface area (Å²) in [5.41, 5.74) is 11.6. The van der Waals surface area contributed by atoms with Gasteiger partial charge in [0.05, 0.1) is 0 Å². The van der Waals surface area contributed by atoms with Crippen molar-refractivity contribution in [3.8, 4) is 0 Å². The zero-order valence-electron chi connectivity index (χ0n) is 19.1. The van der Waals surface area contributed by atoms with Crippen LogP contribution in [0.1, 0.15) is 57.3 Å². The van der Waals surface area contributed by atoms with Gasteiger partial charge in [-0.1, -0.05) is 104 Å². The van der Waals surface area contributed by atoms with Crippen molar-refractivity contribution in [1.29, 1.82) is 0 Å². The number of aryl methyl sites for hydroxylation is 6. The highest BCUT2D eigenvalue weighted by molar-refractivity contribution is 5.42. The van der Waals surface area contributed by atoms with Crippen LogP contribution in [0.25, 0.3) is 0 Å². The van der Waals surface area contributed by atoms with Gasteiger partial charge in [-0.3, -0.25) is 0 Å². The third-order valence-electron chi connectivity index (χ3n) is 7.11. The predicted molar refractivity (Wildman–Crippen MR) is 136 cm³/mol. The third kappa shape index (κ3) is 4.86. The average molecular weight is 417 g/mol. The van der Waals surface area contributed by atoms with E-state index in [-0.39, 0.29) is 0 Å². The van der Waals surface area contributed by atoms with Crippen LogP contribution in [0.4, 0.5) is 0 Å². The fourth-order valence-electron chi connectivity index (χ4n) is 4.96. The molecule has 4 aromatic rings. The Morgan fingerprint density at radius 2 is 1.12 bits per heavy atom. The highest BCUT2D eigenvalue weighted by Crippen LogP contribution is 2.30. The molecule has 0 amide bonds. The molecule has 4 aliphatic carbocycles. The largest absolute Gasteiger partial charge is 0.0622 e. The van der Waals surface area contributed by atoms with Crippen LogP contribution in [0.5, 0.6) is 0 Å². The highest BCUT2D eigenvalue weighted by Gasteiger charge is 2.15. The fourth-order valence-corrected chi connectivity index (χ4v) is 4.96. The second kappa shape index (κ2) is 9.57. The molecule has 1 atom stereocenters. The summed E-state index contributed by atoms with van der Waals surface area (Å²) in [6.07, 6.45) is 6.63. The first-order valence-corrected chi connectivity index (χ1v) is 12.1. The standard InChI is InChI=1S/C32H32/c1-24(30-19-15-28(16-20-30)8-7-25-5-3-2-4-6-25)32-23-29-14-13-26-9-11-27(12-10-26)17-21-31(32)22-18-29/h2-6,9-12,15-16,18-20,22-24H,7-8,13-14,17,21H2,1H3/t24-/m1/s1. The molecule has 0 saturated carbocycles. The maximum atomic E-state index is 2.48. The number of benzene rings is 4. The van der Waals surface area contributed by atoms with E-state index in [1.165, 1.54) is 44.5 Å². The summed E-state index contributed by atoms with van der Waals surface area (Å²) < 4.78 is 0. The van der Waals surface area contributed by atoms with Gasteiger partial charge in [0, 0.05) is 5.92 Å². The minimum absolute atomic E-state index is 0.414. The Labute approximate surface area is 193 Å². The maximum Gasteiger partial charge on any atom is 0.00638 e. The van der Waals surface area contributed by atoms with Crippen LogP contribution in [0.2, 0.25) is 0 Å². The quantitative estimate of drug-likeness (QED) is 0.316. The Morgan fingerprint density at radius 1 is 0.562 bits per heavy atom. The summed E-state index contributed by atoms with van der Waals surface area (Å²) in [6.45, 7) is 2.38. The fraction of sp³-hybridized carbons (Fsp3) is 0.250. The zero-order chi connectivity index (χ0) is 21.8. The second-order valence-corrected chi connectivity index (χ2v) is 9.30. The van der Waals surface area contributed by atoms with Gasteiger partial charge in [-0.2, -0.15) is 0 Å². The van der Waals surface area contributed by atoms with Crippen molar-refractivity contribution in [1.82, 2.24) is 0 Å². The number of rotatable bonds is 5. The van der Waals surface area contributed by atoms with Gasteiger partial charge in [0.15, 0.2) is 0 Å². The molecule has 0 spiro atoms. The first-order valence-electron chi connectivity index (χ1n) is 12.1. The molecule has 0 heteroatoms. The van der Waals surface area contributed by atoms with Crippen molar-refractivity contribution in [2.24, 2.45) is 0 Å². The van der Waals surface area contributed by atoms with Crippen molar-refractivity contribution >= 4 is 0 Å². The Hall–Kier alpha value is -3.12. The Morgan fingerprint density at radius 3 is 1.81 bits per heavy atom. The normalized spacial score (nSPS) is 14.0. The molecule has 4 bridgehead atoms. The lowest BCUT2D eigenvalue weighted by Crippen LogP contribution is -2.06. The molecule has 0 fully saturated rings. The summed E-state index contributed by atoms with van der Waals surface area (Å²) >= 11 is 0. The van der Waals surface area contributed by atoms with Gasteiger partial charge in [0.2, 0.25) is 0 Å². The van der Waals surface area contributed by atoms with E-state index < -0.39 is 0 Å². The average Bonchev–Trinajstić information content (AvgIpc) is 2.85. The number of hydrogen-bond acceptors (Lipinski definition) is 0. The molecule has 0 nitrogen and oxygen atoms in total. The molecule has 4 aromatic carbocycles. The first kappa shape index (κ1) is 20.8. The topological polar surface area (TPSA) is 0 Å². The SMILES string of the molecule is C[C@H](c1ccc(CCc2ccccc2)cc1)c1cc2ccc1CCc1ccc(cc1)CC2. The van der Waals surface area contributed by atoms with Crippen LogP contribution in [0, 0.1) is 0 Å². The molecule has 8 rings (SSSR count). The van der Waals surface area contributed by atoms with E-state index in [0.29, 0.717) is 5.92 Å². The third-order valence-corrected chi connectivity index (χ3v) is 7.11. The van der Waals surface area contributed by atoms with Crippen molar-refractivity contribution in [3.05, 3.63) is 142 Å². The lowest BCUT2D eigenvalue weighted by Gasteiger charge is -2.20. The minimum atomic E-state index is 0.414. The van der Waals surface area contributed by atoms with E-state index in [1.807, 2.05) is 0 Å². The summed E-state index contributed by atoms with van der Waals surface area (Å²) in [7, 11) is 0.